The van der Waals surface area contributed by atoms with Crippen molar-refractivity contribution in [3.05, 3.63) is 30.1 Å². The lowest BCUT2D eigenvalue weighted by Crippen LogP contribution is -2.37. The quantitative estimate of drug-likeness (QED) is 0.844. The van der Waals surface area contributed by atoms with Gasteiger partial charge in [-0.3, -0.25) is 4.98 Å². The highest BCUT2D eigenvalue weighted by Gasteiger charge is 2.40. The van der Waals surface area contributed by atoms with Gasteiger partial charge in [0.15, 0.2) is 0 Å². The molecule has 0 aromatic carbocycles. The SMILES string of the molecule is c1cncc(C[C@@H]2CC3(CCNCC3)CO2)c1. The smallest absolute Gasteiger partial charge is 0.0622 e. The molecule has 1 aromatic rings. The van der Waals surface area contributed by atoms with E-state index in [0.29, 0.717) is 11.5 Å². The van der Waals surface area contributed by atoms with E-state index in [0.717, 1.165) is 26.1 Å². The third kappa shape index (κ3) is 2.50. The van der Waals surface area contributed by atoms with Gasteiger partial charge in [-0.05, 0) is 49.4 Å². The lowest BCUT2D eigenvalue weighted by atomic mass is 9.77. The average molecular weight is 232 g/mol. The number of rotatable bonds is 2. The highest BCUT2D eigenvalue weighted by molar-refractivity contribution is 5.10. The summed E-state index contributed by atoms with van der Waals surface area (Å²) in [6, 6.07) is 4.15. The average Bonchev–Trinajstić information content (AvgIpc) is 2.74. The lowest BCUT2D eigenvalue weighted by Gasteiger charge is -2.32. The maximum atomic E-state index is 5.99. The minimum atomic E-state index is 0.400. The Morgan fingerprint density at radius 3 is 3.06 bits per heavy atom. The Bertz CT molecular complexity index is 360. The maximum Gasteiger partial charge on any atom is 0.0622 e. The number of nitrogens with zero attached hydrogens (tertiary/aromatic N) is 1. The molecule has 17 heavy (non-hydrogen) atoms. The van der Waals surface area contributed by atoms with Crippen LogP contribution in [0, 0.1) is 5.41 Å². The Labute approximate surface area is 103 Å². The molecule has 3 nitrogen and oxygen atoms in total. The molecule has 0 amide bonds. The third-order valence-corrected chi connectivity index (χ3v) is 4.14. The van der Waals surface area contributed by atoms with Crippen LogP contribution in [0.25, 0.3) is 0 Å². The molecule has 92 valence electrons. The van der Waals surface area contributed by atoms with Crippen molar-refractivity contribution in [3.8, 4) is 0 Å². The predicted molar refractivity (Wildman–Crippen MR) is 66.8 cm³/mol. The van der Waals surface area contributed by atoms with E-state index >= 15 is 0 Å². The van der Waals surface area contributed by atoms with Crippen molar-refractivity contribution in [1.29, 1.82) is 0 Å². The van der Waals surface area contributed by atoms with Crippen LogP contribution in [0.1, 0.15) is 24.8 Å². The van der Waals surface area contributed by atoms with Crippen LogP contribution in [0.2, 0.25) is 0 Å². The summed E-state index contributed by atoms with van der Waals surface area (Å²) in [6.45, 7) is 3.27. The van der Waals surface area contributed by atoms with Crippen molar-refractivity contribution in [2.24, 2.45) is 5.41 Å². The third-order valence-electron chi connectivity index (χ3n) is 4.14. The van der Waals surface area contributed by atoms with Gasteiger partial charge in [-0.15, -0.1) is 0 Å². The first-order valence-corrected chi connectivity index (χ1v) is 6.58. The number of pyridine rings is 1. The van der Waals surface area contributed by atoms with E-state index in [1.54, 1.807) is 0 Å². The van der Waals surface area contributed by atoms with Gasteiger partial charge in [0.25, 0.3) is 0 Å². The molecule has 3 heteroatoms. The molecular weight excluding hydrogens is 212 g/mol. The van der Waals surface area contributed by atoms with Crippen LogP contribution in [-0.4, -0.2) is 30.8 Å². The molecule has 1 aromatic heterocycles. The molecule has 0 bridgehead atoms. The fraction of sp³-hybridized carbons (Fsp3) is 0.643. The Kier molecular flexibility index (Phi) is 3.12. The number of piperidine rings is 1. The summed E-state index contributed by atoms with van der Waals surface area (Å²) in [4.78, 5) is 4.17. The van der Waals surface area contributed by atoms with Gasteiger partial charge in [-0.2, -0.15) is 0 Å². The van der Waals surface area contributed by atoms with E-state index in [4.69, 9.17) is 4.74 Å². The van der Waals surface area contributed by atoms with Crippen molar-refractivity contribution in [2.45, 2.75) is 31.8 Å². The summed E-state index contributed by atoms with van der Waals surface area (Å²) < 4.78 is 5.99. The van der Waals surface area contributed by atoms with Crippen LogP contribution in [0.3, 0.4) is 0 Å². The van der Waals surface area contributed by atoms with E-state index in [2.05, 4.69) is 16.4 Å². The van der Waals surface area contributed by atoms with Crippen molar-refractivity contribution in [1.82, 2.24) is 10.3 Å². The van der Waals surface area contributed by atoms with Crippen molar-refractivity contribution >= 4 is 0 Å². The summed E-state index contributed by atoms with van der Waals surface area (Å²) in [5, 5.41) is 3.43. The standard InChI is InChI=1S/C14H20N2O/c1-2-12(10-16-5-1)8-13-9-14(11-17-13)3-6-15-7-4-14/h1-2,5,10,13,15H,3-4,6-9,11H2/t13-/m1/s1. The first kappa shape index (κ1) is 11.2. The highest BCUT2D eigenvalue weighted by Crippen LogP contribution is 2.41. The molecule has 0 saturated carbocycles. The highest BCUT2D eigenvalue weighted by atomic mass is 16.5. The summed E-state index contributed by atoms with van der Waals surface area (Å²) in [5.74, 6) is 0. The molecule has 0 aliphatic carbocycles. The van der Waals surface area contributed by atoms with Crippen LogP contribution in [0.4, 0.5) is 0 Å². The van der Waals surface area contributed by atoms with Crippen LogP contribution in [0.5, 0.6) is 0 Å². The molecule has 1 N–H and O–H groups in total. The van der Waals surface area contributed by atoms with Gasteiger partial charge in [-0.1, -0.05) is 6.07 Å². The van der Waals surface area contributed by atoms with E-state index < -0.39 is 0 Å². The van der Waals surface area contributed by atoms with Crippen LogP contribution < -0.4 is 5.32 Å². The van der Waals surface area contributed by atoms with Crippen LogP contribution in [0.15, 0.2) is 24.5 Å². The van der Waals surface area contributed by atoms with Gasteiger partial charge in [0.2, 0.25) is 0 Å². The Balaban J connectivity index is 1.60. The van der Waals surface area contributed by atoms with Crippen molar-refractivity contribution in [3.63, 3.8) is 0 Å². The molecule has 1 spiro atoms. The van der Waals surface area contributed by atoms with Gasteiger partial charge in [0.1, 0.15) is 0 Å². The Hall–Kier alpha value is -0.930. The minimum absolute atomic E-state index is 0.400. The van der Waals surface area contributed by atoms with E-state index in [-0.39, 0.29) is 0 Å². The van der Waals surface area contributed by atoms with Crippen LogP contribution in [-0.2, 0) is 11.2 Å². The molecule has 3 heterocycles. The molecule has 3 rings (SSSR count). The van der Waals surface area contributed by atoms with Gasteiger partial charge >= 0.3 is 0 Å². The number of aromatic nitrogens is 1. The number of nitrogens with one attached hydrogen (secondary N) is 1. The minimum Gasteiger partial charge on any atom is -0.377 e. The Morgan fingerprint density at radius 1 is 1.41 bits per heavy atom. The molecule has 1 atom stereocenters. The lowest BCUT2D eigenvalue weighted by molar-refractivity contribution is 0.0867. The molecular formula is C14H20N2O. The Morgan fingerprint density at radius 2 is 2.29 bits per heavy atom. The first-order valence-electron chi connectivity index (χ1n) is 6.58. The van der Waals surface area contributed by atoms with Crippen molar-refractivity contribution in [2.75, 3.05) is 19.7 Å². The monoisotopic (exact) mass is 232 g/mol. The number of hydrogen-bond donors (Lipinski definition) is 1. The first-order chi connectivity index (χ1) is 8.36. The zero-order chi connectivity index (χ0) is 11.6. The normalized spacial score (nSPS) is 27.4. The van der Waals surface area contributed by atoms with E-state index in [1.807, 2.05) is 18.5 Å². The zero-order valence-electron chi connectivity index (χ0n) is 10.2. The molecule has 2 fully saturated rings. The fourth-order valence-electron chi connectivity index (χ4n) is 3.11. The molecule has 0 unspecified atom stereocenters. The van der Waals surface area contributed by atoms with Crippen molar-refractivity contribution < 1.29 is 4.74 Å². The number of hydrogen-bond acceptors (Lipinski definition) is 3. The second-order valence-corrected chi connectivity index (χ2v) is 5.45. The van der Waals surface area contributed by atoms with Gasteiger partial charge in [-0.25, -0.2) is 0 Å². The second-order valence-electron chi connectivity index (χ2n) is 5.45. The molecule has 2 aliphatic heterocycles. The summed E-state index contributed by atoms with van der Waals surface area (Å²) >= 11 is 0. The van der Waals surface area contributed by atoms with Gasteiger partial charge in [0, 0.05) is 18.8 Å². The second kappa shape index (κ2) is 4.75. The molecule has 0 radical (unpaired) electrons. The fourth-order valence-corrected chi connectivity index (χ4v) is 3.11. The van der Waals surface area contributed by atoms with E-state index in [1.165, 1.54) is 24.8 Å². The largest absolute Gasteiger partial charge is 0.377 e. The van der Waals surface area contributed by atoms with Gasteiger partial charge in [0.05, 0.1) is 12.7 Å². The maximum absolute atomic E-state index is 5.99. The van der Waals surface area contributed by atoms with E-state index in [9.17, 15) is 0 Å². The van der Waals surface area contributed by atoms with Gasteiger partial charge < -0.3 is 10.1 Å². The number of ether oxygens (including phenoxy) is 1. The summed E-state index contributed by atoms with van der Waals surface area (Å²) in [7, 11) is 0. The molecule has 2 aliphatic rings. The summed E-state index contributed by atoms with van der Waals surface area (Å²) in [5.41, 5.74) is 1.77. The zero-order valence-corrected chi connectivity index (χ0v) is 10.2. The molecule has 2 saturated heterocycles. The van der Waals surface area contributed by atoms with Crippen LogP contribution >= 0.6 is 0 Å². The summed E-state index contributed by atoms with van der Waals surface area (Å²) in [6.07, 6.45) is 8.97. The topological polar surface area (TPSA) is 34.2 Å². The predicted octanol–water partition coefficient (Wildman–Crippen LogP) is 1.78.